The summed E-state index contributed by atoms with van der Waals surface area (Å²) >= 11 is 0. The number of alkyl halides is 3. The molecule has 1 aliphatic rings. The van der Waals surface area contributed by atoms with E-state index in [0.29, 0.717) is 0 Å². The van der Waals surface area contributed by atoms with Gasteiger partial charge in [-0.15, -0.1) is 0 Å². The van der Waals surface area contributed by atoms with Gasteiger partial charge in [0.05, 0.1) is 7.11 Å². The number of hydroxylamine groups is 2. The van der Waals surface area contributed by atoms with E-state index in [1.165, 1.54) is 14.2 Å². The molecular weight excluding hydrogens is 241 g/mol. The Balaban J connectivity index is 2.66. The molecule has 0 aromatic carbocycles. The maximum Gasteiger partial charge on any atom is 0.408 e. The lowest BCUT2D eigenvalue weighted by Crippen LogP contribution is -2.54. The number of hydrogen-bond acceptors (Lipinski definition) is 3. The molecule has 1 rings (SSSR count). The molecule has 2 amide bonds. The Morgan fingerprint density at radius 3 is 2.47 bits per heavy atom. The number of halogens is 3. The maximum atomic E-state index is 12.3. The van der Waals surface area contributed by atoms with Crippen LogP contribution in [0.3, 0.4) is 0 Å². The van der Waals surface area contributed by atoms with E-state index in [2.05, 4.69) is 4.84 Å². The van der Waals surface area contributed by atoms with Gasteiger partial charge in [-0.2, -0.15) is 13.2 Å². The highest BCUT2D eigenvalue weighted by molar-refractivity contribution is 6.00. The molecule has 0 aliphatic carbocycles. The standard InChI is InChI=1S/C9H13F3N2O3/c1-14(17-2)8(16)5-3-4-6(9(10,11)12)13-7(5)15/h5-6H,3-4H2,1-2H3,(H,13,15)/t5-,6-/m1/s1. The number of hydrogen-bond donors (Lipinski definition) is 1. The number of rotatable bonds is 2. The lowest BCUT2D eigenvalue weighted by molar-refractivity contribution is -0.183. The molecule has 0 spiro atoms. The van der Waals surface area contributed by atoms with Crippen molar-refractivity contribution in [1.82, 2.24) is 10.4 Å². The number of carbonyl (C=O) groups is 2. The minimum absolute atomic E-state index is 0.136. The summed E-state index contributed by atoms with van der Waals surface area (Å²) in [6.45, 7) is 0. The van der Waals surface area contributed by atoms with E-state index in [4.69, 9.17) is 0 Å². The van der Waals surface area contributed by atoms with Gasteiger partial charge in [-0.3, -0.25) is 14.4 Å². The van der Waals surface area contributed by atoms with Crippen molar-refractivity contribution in [3.63, 3.8) is 0 Å². The van der Waals surface area contributed by atoms with Crippen LogP contribution in [0.2, 0.25) is 0 Å². The van der Waals surface area contributed by atoms with Crippen molar-refractivity contribution in [3.8, 4) is 0 Å². The molecule has 1 saturated heterocycles. The van der Waals surface area contributed by atoms with Gasteiger partial charge in [0.15, 0.2) is 0 Å². The number of amides is 2. The first-order chi connectivity index (χ1) is 7.77. The molecule has 5 nitrogen and oxygen atoms in total. The van der Waals surface area contributed by atoms with Crippen molar-refractivity contribution >= 4 is 11.8 Å². The van der Waals surface area contributed by atoms with Crippen molar-refractivity contribution in [1.29, 1.82) is 0 Å². The molecule has 1 heterocycles. The zero-order chi connectivity index (χ0) is 13.2. The highest BCUT2D eigenvalue weighted by Crippen LogP contribution is 2.28. The molecule has 0 bridgehead atoms. The minimum atomic E-state index is -4.48. The van der Waals surface area contributed by atoms with Crippen LogP contribution in [0.15, 0.2) is 0 Å². The van der Waals surface area contributed by atoms with Gasteiger partial charge < -0.3 is 5.32 Å². The topological polar surface area (TPSA) is 58.6 Å². The largest absolute Gasteiger partial charge is 0.408 e. The predicted octanol–water partition coefficient (Wildman–Crippen LogP) is 0.463. The van der Waals surface area contributed by atoms with E-state index < -0.39 is 30.0 Å². The lowest BCUT2D eigenvalue weighted by Gasteiger charge is -2.31. The Bertz CT molecular complexity index is 319. The van der Waals surface area contributed by atoms with Crippen molar-refractivity contribution in [2.45, 2.75) is 25.1 Å². The van der Waals surface area contributed by atoms with Gasteiger partial charge in [0.2, 0.25) is 5.91 Å². The second kappa shape index (κ2) is 4.91. The van der Waals surface area contributed by atoms with E-state index in [-0.39, 0.29) is 12.8 Å². The van der Waals surface area contributed by atoms with Crippen LogP contribution < -0.4 is 5.32 Å². The summed E-state index contributed by atoms with van der Waals surface area (Å²) in [5.41, 5.74) is 0. The van der Waals surface area contributed by atoms with Gasteiger partial charge in [-0.1, -0.05) is 0 Å². The zero-order valence-electron chi connectivity index (χ0n) is 9.37. The van der Waals surface area contributed by atoms with Crippen molar-refractivity contribution < 1.29 is 27.6 Å². The highest BCUT2D eigenvalue weighted by Gasteiger charge is 2.46. The van der Waals surface area contributed by atoms with E-state index >= 15 is 0 Å². The Morgan fingerprint density at radius 1 is 1.47 bits per heavy atom. The summed E-state index contributed by atoms with van der Waals surface area (Å²) in [6, 6.07) is -1.87. The quantitative estimate of drug-likeness (QED) is 0.575. The molecule has 17 heavy (non-hydrogen) atoms. The highest BCUT2D eigenvalue weighted by atomic mass is 19.4. The zero-order valence-corrected chi connectivity index (χ0v) is 9.37. The van der Waals surface area contributed by atoms with Crippen LogP contribution in [0.25, 0.3) is 0 Å². The van der Waals surface area contributed by atoms with E-state index in [1.807, 2.05) is 0 Å². The SMILES string of the molecule is CON(C)C(=O)[C@@H]1CC[C@H](C(F)(F)F)NC1=O. The van der Waals surface area contributed by atoms with Gasteiger partial charge in [0, 0.05) is 7.05 Å². The molecular formula is C9H13F3N2O3. The first kappa shape index (κ1) is 13.8. The fraction of sp³-hybridized carbons (Fsp3) is 0.778. The van der Waals surface area contributed by atoms with Crippen molar-refractivity contribution in [2.75, 3.05) is 14.2 Å². The second-order valence-corrected chi connectivity index (χ2v) is 3.75. The number of nitrogens with zero attached hydrogens (tertiary/aromatic N) is 1. The number of carbonyl (C=O) groups excluding carboxylic acids is 2. The van der Waals surface area contributed by atoms with Crippen LogP contribution in [0.5, 0.6) is 0 Å². The predicted molar refractivity (Wildman–Crippen MR) is 50.5 cm³/mol. The van der Waals surface area contributed by atoms with E-state index in [0.717, 1.165) is 5.06 Å². The third-order valence-corrected chi connectivity index (χ3v) is 2.65. The molecule has 1 fully saturated rings. The average molecular weight is 254 g/mol. The average Bonchev–Trinajstić information content (AvgIpc) is 2.25. The van der Waals surface area contributed by atoms with Gasteiger partial charge >= 0.3 is 6.18 Å². The Kier molecular flexibility index (Phi) is 3.97. The van der Waals surface area contributed by atoms with Crippen LogP contribution in [-0.4, -0.2) is 43.3 Å². The van der Waals surface area contributed by atoms with Crippen LogP contribution in [0, 0.1) is 5.92 Å². The van der Waals surface area contributed by atoms with E-state index in [1.54, 1.807) is 5.32 Å². The van der Waals surface area contributed by atoms with Gasteiger partial charge in [0.25, 0.3) is 5.91 Å². The molecule has 0 aromatic rings. The summed E-state index contributed by atoms with van der Waals surface area (Å²) in [4.78, 5) is 27.5. The number of piperidine rings is 1. The summed E-state index contributed by atoms with van der Waals surface area (Å²) in [7, 11) is 2.53. The van der Waals surface area contributed by atoms with Crippen LogP contribution >= 0.6 is 0 Å². The molecule has 0 unspecified atom stereocenters. The summed E-state index contributed by atoms with van der Waals surface area (Å²) in [6.07, 6.45) is -4.91. The van der Waals surface area contributed by atoms with Gasteiger partial charge in [-0.05, 0) is 12.8 Å². The van der Waals surface area contributed by atoms with E-state index in [9.17, 15) is 22.8 Å². The first-order valence-electron chi connectivity index (χ1n) is 4.96. The van der Waals surface area contributed by atoms with Gasteiger partial charge in [-0.25, -0.2) is 5.06 Å². The summed E-state index contributed by atoms with van der Waals surface area (Å²) in [5.74, 6) is -2.67. The molecule has 0 aromatic heterocycles. The monoisotopic (exact) mass is 254 g/mol. The smallest absolute Gasteiger partial charge is 0.344 e. The third-order valence-electron chi connectivity index (χ3n) is 2.65. The molecule has 1 N–H and O–H groups in total. The molecule has 0 radical (unpaired) electrons. The normalized spacial score (nSPS) is 25.4. The maximum absolute atomic E-state index is 12.3. The minimum Gasteiger partial charge on any atom is -0.344 e. The molecule has 0 saturated carbocycles. The second-order valence-electron chi connectivity index (χ2n) is 3.75. The molecule has 1 aliphatic heterocycles. The first-order valence-corrected chi connectivity index (χ1v) is 4.96. The fourth-order valence-corrected chi connectivity index (χ4v) is 1.60. The fourth-order valence-electron chi connectivity index (χ4n) is 1.60. The molecule has 2 atom stereocenters. The summed E-state index contributed by atoms with van der Waals surface area (Å²) < 4.78 is 37.0. The number of nitrogens with one attached hydrogen (secondary N) is 1. The van der Waals surface area contributed by atoms with Crippen LogP contribution in [0.4, 0.5) is 13.2 Å². The van der Waals surface area contributed by atoms with Crippen molar-refractivity contribution in [2.24, 2.45) is 5.92 Å². The van der Waals surface area contributed by atoms with Crippen molar-refractivity contribution in [3.05, 3.63) is 0 Å². The Morgan fingerprint density at radius 2 is 2.06 bits per heavy atom. The summed E-state index contributed by atoms with van der Waals surface area (Å²) in [5, 5.41) is 2.63. The molecule has 98 valence electrons. The Hall–Kier alpha value is -1.31. The Labute approximate surface area is 95.8 Å². The third kappa shape index (κ3) is 3.09. The van der Waals surface area contributed by atoms with Crippen LogP contribution in [0.1, 0.15) is 12.8 Å². The lowest BCUT2D eigenvalue weighted by atomic mass is 9.93. The van der Waals surface area contributed by atoms with Gasteiger partial charge in [0.1, 0.15) is 12.0 Å². The molecule has 8 heteroatoms. The van der Waals surface area contributed by atoms with Crippen LogP contribution in [-0.2, 0) is 14.4 Å².